The van der Waals surface area contributed by atoms with Crippen molar-refractivity contribution >= 4 is 0 Å². The van der Waals surface area contributed by atoms with Crippen molar-refractivity contribution in [3.8, 4) is 224 Å². The fourth-order valence-electron chi connectivity index (χ4n) is 21.2. The van der Waals surface area contributed by atoms with Gasteiger partial charge in [-0.3, -0.25) is 15.0 Å². The molecular formula is C126H89N9. The summed E-state index contributed by atoms with van der Waals surface area (Å²) < 4.78 is 0. The molecule has 0 saturated carbocycles. The first-order valence-electron chi connectivity index (χ1n) is 46.2. The minimum Gasteiger partial charge on any atom is -0.265 e. The van der Waals surface area contributed by atoms with E-state index in [0.717, 1.165) is 168 Å². The summed E-state index contributed by atoms with van der Waals surface area (Å²) in [6.45, 7) is 14.0. The molecule has 0 aliphatic heterocycles. The first-order valence-corrected chi connectivity index (χ1v) is 46.2. The van der Waals surface area contributed by atoms with E-state index < -0.39 is 0 Å². The van der Waals surface area contributed by atoms with Crippen LogP contribution in [0.4, 0.5) is 0 Å². The summed E-state index contributed by atoms with van der Waals surface area (Å²) in [4.78, 5) is 47.0. The van der Waals surface area contributed by atoms with Crippen LogP contribution in [0.15, 0.2) is 431 Å². The van der Waals surface area contributed by atoms with Crippen LogP contribution in [-0.2, 0) is 16.2 Å². The van der Waals surface area contributed by atoms with E-state index in [9.17, 15) is 0 Å². The Labute approximate surface area is 786 Å². The number of benzene rings is 15. The van der Waals surface area contributed by atoms with Gasteiger partial charge in [-0.05, 0) is 218 Å². The molecule has 135 heavy (non-hydrogen) atoms. The second-order valence-electron chi connectivity index (χ2n) is 37.1. The Hall–Kier alpha value is -17.0. The van der Waals surface area contributed by atoms with Crippen molar-refractivity contribution in [2.45, 2.75) is 57.8 Å². The van der Waals surface area contributed by atoms with Crippen LogP contribution in [0.2, 0.25) is 0 Å². The van der Waals surface area contributed by atoms with Gasteiger partial charge >= 0.3 is 0 Å². The van der Waals surface area contributed by atoms with Gasteiger partial charge in [0.1, 0.15) is 0 Å². The third-order valence-corrected chi connectivity index (χ3v) is 28.0. The van der Waals surface area contributed by atoms with Crippen LogP contribution in [-0.4, -0.2) is 44.9 Å². The van der Waals surface area contributed by atoms with E-state index in [2.05, 4.69) is 411 Å². The average Bonchev–Trinajstić information content (AvgIpc) is 1.57. The summed E-state index contributed by atoms with van der Waals surface area (Å²) in [6.07, 6.45) is 9.54. The number of rotatable bonds is 17. The maximum absolute atomic E-state index is 5.60. The SMILES string of the molecule is CC1(C)c2ccccc2-c2c1ccc(-c1cccc(-c3cc(-c4ccc(-c5cccc(-c6nc(-c7ccc(-c8cccc(-c9nc(-c%10ccccc%10)cc(-c%10cccc(-c%11ccc%12c(c%11-c%11ccccn%11)-c%11ccccc%11C%12(C)C)c%10)n9)c8)cc7)cc(-c7cccc(-c8ccc9c(c8-c8cccnc8)-c8ccccc8C9(C)C)c7)n6)c5)cc4)nc(-c4ccccc4)n3)c1)c2-c1ccncc1. The highest BCUT2D eigenvalue weighted by molar-refractivity contribution is 6.04. The Morgan fingerprint density at radius 2 is 0.474 bits per heavy atom. The van der Waals surface area contributed by atoms with Crippen LogP contribution in [0.25, 0.3) is 224 Å². The Bertz CT molecular complexity index is 8270. The molecular weight excluding hydrogens is 1640 g/mol. The molecule has 9 heteroatoms. The molecule has 3 aliphatic rings. The molecule has 0 saturated heterocycles. The van der Waals surface area contributed by atoms with E-state index in [1.54, 1.807) is 0 Å². The molecule has 0 fully saturated rings. The van der Waals surface area contributed by atoms with Crippen molar-refractivity contribution in [1.82, 2.24) is 44.9 Å². The van der Waals surface area contributed by atoms with Gasteiger partial charge in [0.05, 0.1) is 39.9 Å². The van der Waals surface area contributed by atoms with Gasteiger partial charge < -0.3 is 0 Å². The predicted octanol–water partition coefficient (Wildman–Crippen LogP) is 31.5. The van der Waals surface area contributed by atoms with Crippen molar-refractivity contribution in [2.24, 2.45) is 0 Å². The number of aromatic nitrogens is 9. The average molecular weight is 1730 g/mol. The molecule has 6 heterocycles. The molecule has 0 amide bonds. The van der Waals surface area contributed by atoms with Crippen LogP contribution in [0.3, 0.4) is 0 Å². The van der Waals surface area contributed by atoms with E-state index in [1.165, 1.54) is 72.3 Å². The highest BCUT2D eigenvalue weighted by Gasteiger charge is 2.41. The van der Waals surface area contributed by atoms with E-state index in [0.29, 0.717) is 17.5 Å². The van der Waals surface area contributed by atoms with Gasteiger partial charge in [-0.15, -0.1) is 0 Å². The fourth-order valence-corrected chi connectivity index (χ4v) is 21.2. The summed E-state index contributed by atoms with van der Waals surface area (Å²) in [7, 11) is 0. The maximum Gasteiger partial charge on any atom is 0.160 e. The highest BCUT2D eigenvalue weighted by atomic mass is 14.9. The number of pyridine rings is 3. The van der Waals surface area contributed by atoms with Crippen LogP contribution in [0.5, 0.6) is 0 Å². The third-order valence-electron chi connectivity index (χ3n) is 28.0. The number of fused-ring (bicyclic) bond motifs is 9. The van der Waals surface area contributed by atoms with Crippen LogP contribution in [0.1, 0.15) is 74.9 Å². The van der Waals surface area contributed by atoms with E-state index in [4.69, 9.17) is 39.9 Å². The highest BCUT2D eigenvalue weighted by Crippen LogP contribution is 2.59. The van der Waals surface area contributed by atoms with Gasteiger partial charge in [0, 0.05) is 108 Å². The summed E-state index contributed by atoms with van der Waals surface area (Å²) in [5.74, 6) is 1.86. The molecule has 0 atom stereocenters. The second kappa shape index (κ2) is 32.8. The molecule has 24 rings (SSSR count). The Morgan fingerprint density at radius 3 is 0.889 bits per heavy atom. The zero-order valence-corrected chi connectivity index (χ0v) is 75.5. The smallest absolute Gasteiger partial charge is 0.160 e. The van der Waals surface area contributed by atoms with Crippen LogP contribution < -0.4 is 0 Å². The quantitative estimate of drug-likeness (QED) is 0.0879. The lowest BCUT2D eigenvalue weighted by atomic mass is 9.80. The molecule has 0 unspecified atom stereocenters. The number of hydrogen-bond acceptors (Lipinski definition) is 9. The molecule has 0 spiro atoms. The van der Waals surface area contributed by atoms with Crippen LogP contribution >= 0.6 is 0 Å². The summed E-state index contributed by atoms with van der Waals surface area (Å²) in [5, 5.41) is 0. The summed E-state index contributed by atoms with van der Waals surface area (Å²) in [5.41, 5.74) is 45.5. The molecule has 21 aromatic rings. The largest absolute Gasteiger partial charge is 0.265 e. The summed E-state index contributed by atoms with van der Waals surface area (Å²) >= 11 is 0. The first kappa shape index (κ1) is 81.2. The van der Waals surface area contributed by atoms with Crippen molar-refractivity contribution in [1.29, 1.82) is 0 Å². The normalized spacial score (nSPS) is 13.1. The minimum atomic E-state index is -0.204. The van der Waals surface area contributed by atoms with Crippen molar-refractivity contribution in [3.05, 3.63) is 465 Å². The Morgan fingerprint density at radius 1 is 0.156 bits per heavy atom. The lowest BCUT2D eigenvalue weighted by Gasteiger charge is -2.23. The van der Waals surface area contributed by atoms with Gasteiger partial charge in [0.15, 0.2) is 17.5 Å². The molecule has 0 bridgehead atoms. The lowest BCUT2D eigenvalue weighted by molar-refractivity contribution is 0.660. The topological polar surface area (TPSA) is 116 Å². The van der Waals surface area contributed by atoms with Crippen molar-refractivity contribution in [2.75, 3.05) is 0 Å². The fraction of sp³-hybridized carbons (Fsp3) is 0.0714. The molecule has 6 aromatic heterocycles. The lowest BCUT2D eigenvalue weighted by Crippen LogP contribution is -2.14. The molecule has 0 N–H and O–H groups in total. The van der Waals surface area contributed by atoms with E-state index in [1.807, 2.05) is 67.4 Å². The van der Waals surface area contributed by atoms with E-state index >= 15 is 0 Å². The molecule has 15 aromatic carbocycles. The first-order chi connectivity index (χ1) is 66.2. The third kappa shape index (κ3) is 14.3. The van der Waals surface area contributed by atoms with Gasteiger partial charge in [-0.2, -0.15) is 0 Å². The molecule has 9 nitrogen and oxygen atoms in total. The number of hydrogen-bond donors (Lipinski definition) is 0. The zero-order chi connectivity index (χ0) is 90.6. The van der Waals surface area contributed by atoms with Crippen molar-refractivity contribution in [3.63, 3.8) is 0 Å². The second-order valence-corrected chi connectivity index (χ2v) is 37.1. The van der Waals surface area contributed by atoms with Gasteiger partial charge in [-0.1, -0.05) is 363 Å². The molecule has 638 valence electrons. The van der Waals surface area contributed by atoms with Gasteiger partial charge in [-0.25, -0.2) is 29.9 Å². The zero-order valence-electron chi connectivity index (χ0n) is 75.5. The standard InChI is InChI=1S/C126H89N9/c1-124(2)102-45-16-13-42-99(102)117-105(124)60-57-96(115(117)83-63-67-127-68-64-83)87-33-23-36-90(71-87)112-75-110(130-121(133-112)84-29-11-8-12-30-84)81-53-49-78(50-54-81)86-32-22-40-94(70-86)123-132-111(76-114(135-123)91-37-24-34-88(72-91)97-58-61-106-118(116(97)95-41-26-65-128-77-95)100-43-14-17-46-103(100)125(106,3)4)82-55-51-79(52-56-82)85-31-21-39-93(69-85)122-131-109(80-27-9-7-10-28-80)74-113(134-122)92-38-25-35-89(73-92)98-59-62-107-119(120(98)108-48-19-20-66-129-108)101-44-15-18-47-104(101)126(107,5)6/h7-77H,1-6H3. The minimum absolute atomic E-state index is 0.169. The Balaban J connectivity index is 0.586. The van der Waals surface area contributed by atoms with E-state index in [-0.39, 0.29) is 16.2 Å². The molecule has 3 aliphatic carbocycles. The number of nitrogens with zero attached hydrogens (tertiary/aromatic N) is 9. The predicted molar refractivity (Wildman–Crippen MR) is 552 cm³/mol. The van der Waals surface area contributed by atoms with Gasteiger partial charge in [0.25, 0.3) is 0 Å². The monoisotopic (exact) mass is 1730 g/mol. The summed E-state index contributed by atoms with van der Waals surface area (Å²) in [6, 6.07) is 143. The van der Waals surface area contributed by atoms with Crippen molar-refractivity contribution < 1.29 is 0 Å². The molecule has 0 radical (unpaired) electrons. The Kier molecular flexibility index (Phi) is 19.8. The van der Waals surface area contributed by atoms with Gasteiger partial charge in [0.2, 0.25) is 0 Å². The maximum atomic E-state index is 5.60. The van der Waals surface area contributed by atoms with Crippen LogP contribution in [0, 0.1) is 0 Å².